The van der Waals surface area contributed by atoms with Crippen LogP contribution in [-0.4, -0.2) is 5.78 Å². The minimum atomic E-state index is -0.447. The Morgan fingerprint density at radius 2 is 2.24 bits per heavy atom. The summed E-state index contributed by atoms with van der Waals surface area (Å²) < 4.78 is 13.2. The number of hydrogen-bond donors (Lipinski definition) is 0. The molecule has 0 radical (unpaired) electrons. The van der Waals surface area contributed by atoms with E-state index in [9.17, 15) is 9.18 Å². The van der Waals surface area contributed by atoms with Gasteiger partial charge in [0.05, 0.1) is 5.02 Å². The van der Waals surface area contributed by atoms with Crippen molar-refractivity contribution in [2.75, 3.05) is 0 Å². The summed E-state index contributed by atoms with van der Waals surface area (Å²) in [7, 11) is 0. The summed E-state index contributed by atoms with van der Waals surface area (Å²) in [5.41, 5.74) is 0.719. The number of ketones is 1. The van der Waals surface area contributed by atoms with Crippen LogP contribution in [0, 0.1) is 17.7 Å². The molecule has 0 aliphatic heterocycles. The summed E-state index contributed by atoms with van der Waals surface area (Å²) in [4.78, 5) is 12.0. The average molecular weight is 255 g/mol. The summed E-state index contributed by atoms with van der Waals surface area (Å²) in [6, 6.07) is 4.59. The third-order valence-electron chi connectivity index (χ3n) is 3.51. The Labute approximate surface area is 106 Å². The highest BCUT2D eigenvalue weighted by Gasteiger charge is 2.27. The lowest BCUT2D eigenvalue weighted by Crippen LogP contribution is -2.14. The summed E-state index contributed by atoms with van der Waals surface area (Å²) in [5.74, 6) is 0.600. The number of carbonyl (C=O) groups excluding carboxylic acids is 1. The lowest BCUT2D eigenvalue weighted by atomic mass is 9.96. The normalized spacial score (nSPS) is 23.9. The van der Waals surface area contributed by atoms with Crippen molar-refractivity contribution in [2.45, 2.75) is 32.6 Å². The predicted molar refractivity (Wildman–Crippen MR) is 66.6 cm³/mol. The van der Waals surface area contributed by atoms with Crippen LogP contribution in [0.3, 0.4) is 0 Å². The van der Waals surface area contributed by atoms with E-state index in [4.69, 9.17) is 11.6 Å². The molecule has 17 heavy (non-hydrogen) atoms. The van der Waals surface area contributed by atoms with Gasteiger partial charge >= 0.3 is 0 Å². The van der Waals surface area contributed by atoms with Gasteiger partial charge in [-0.05, 0) is 42.9 Å². The molecule has 3 heteroatoms. The molecular weight excluding hydrogens is 239 g/mol. The third kappa shape index (κ3) is 3.06. The van der Waals surface area contributed by atoms with Gasteiger partial charge in [0.2, 0.25) is 0 Å². The molecule has 2 unspecified atom stereocenters. The van der Waals surface area contributed by atoms with Crippen molar-refractivity contribution in [3.63, 3.8) is 0 Å². The highest BCUT2D eigenvalue weighted by Crippen LogP contribution is 2.31. The van der Waals surface area contributed by atoms with Crippen molar-refractivity contribution in [1.82, 2.24) is 0 Å². The fraction of sp³-hybridized carbons (Fsp3) is 0.500. The smallest absolute Gasteiger partial charge is 0.142 e. The SMILES string of the molecule is CC1CCC(C(=O)Cc2ccc(Cl)c(F)c2)C1. The second-order valence-corrected chi connectivity index (χ2v) is 5.41. The quantitative estimate of drug-likeness (QED) is 0.796. The second-order valence-electron chi connectivity index (χ2n) is 5.01. The summed E-state index contributed by atoms with van der Waals surface area (Å²) in [6.07, 6.45) is 3.42. The fourth-order valence-corrected chi connectivity index (χ4v) is 2.61. The van der Waals surface area contributed by atoms with Crippen LogP contribution in [0.4, 0.5) is 4.39 Å². The van der Waals surface area contributed by atoms with Crippen LogP contribution >= 0.6 is 11.6 Å². The van der Waals surface area contributed by atoms with Crippen LogP contribution in [0.1, 0.15) is 31.7 Å². The molecule has 1 nitrogen and oxygen atoms in total. The van der Waals surface area contributed by atoms with E-state index in [2.05, 4.69) is 6.92 Å². The maximum atomic E-state index is 13.2. The number of hydrogen-bond acceptors (Lipinski definition) is 1. The van der Waals surface area contributed by atoms with Crippen LogP contribution in [0.2, 0.25) is 5.02 Å². The van der Waals surface area contributed by atoms with Crippen LogP contribution in [0.25, 0.3) is 0 Å². The van der Waals surface area contributed by atoms with Crippen molar-refractivity contribution >= 4 is 17.4 Å². The average Bonchev–Trinajstić information content (AvgIpc) is 2.70. The summed E-state index contributed by atoms with van der Waals surface area (Å²) in [6.45, 7) is 2.18. The van der Waals surface area contributed by atoms with Gasteiger partial charge < -0.3 is 0 Å². The summed E-state index contributed by atoms with van der Waals surface area (Å²) >= 11 is 5.60. The van der Waals surface area contributed by atoms with Crippen LogP contribution in [-0.2, 0) is 11.2 Å². The van der Waals surface area contributed by atoms with Crippen LogP contribution in [0.15, 0.2) is 18.2 Å². The third-order valence-corrected chi connectivity index (χ3v) is 3.82. The topological polar surface area (TPSA) is 17.1 Å². The van der Waals surface area contributed by atoms with Gasteiger partial charge in [0, 0.05) is 12.3 Å². The first-order chi connectivity index (χ1) is 8.06. The number of rotatable bonds is 3. The number of carbonyl (C=O) groups is 1. The van der Waals surface area contributed by atoms with E-state index in [0.29, 0.717) is 12.3 Å². The van der Waals surface area contributed by atoms with Crippen molar-refractivity contribution in [3.05, 3.63) is 34.6 Å². The van der Waals surface area contributed by atoms with E-state index >= 15 is 0 Å². The molecule has 0 aromatic heterocycles. The van der Waals surface area contributed by atoms with Gasteiger partial charge in [-0.25, -0.2) is 4.39 Å². The van der Waals surface area contributed by atoms with Crippen LogP contribution < -0.4 is 0 Å². The van der Waals surface area contributed by atoms with E-state index in [0.717, 1.165) is 24.8 Å². The Morgan fingerprint density at radius 1 is 1.47 bits per heavy atom. The molecule has 0 amide bonds. The second kappa shape index (κ2) is 5.18. The molecule has 1 aliphatic rings. The Kier molecular flexibility index (Phi) is 3.82. The zero-order valence-electron chi connectivity index (χ0n) is 9.88. The van der Waals surface area contributed by atoms with E-state index in [1.807, 2.05) is 0 Å². The number of benzene rings is 1. The van der Waals surface area contributed by atoms with Crippen molar-refractivity contribution in [3.8, 4) is 0 Å². The molecule has 0 spiro atoms. The highest BCUT2D eigenvalue weighted by molar-refractivity contribution is 6.30. The van der Waals surface area contributed by atoms with E-state index in [-0.39, 0.29) is 16.7 Å². The molecule has 0 saturated heterocycles. The van der Waals surface area contributed by atoms with Crippen LogP contribution in [0.5, 0.6) is 0 Å². The van der Waals surface area contributed by atoms with Gasteiger partial charge in [0.25, 0.3) is 0 Å². The standard InChI is InChI=1S/C14H16ClFO/c1-9-2-4-11(6-9)14(17)8-10-3-5-12(15)13(16)7-10/h3,5,7,9,11H,2,4,6,8H2,1H3. The molecule has 2 rings (SSSR count). The van der Waals surface area contributed by atoms with Gasteiger partial charge in [-0.2, -0.15) is 0 Å². The first-order valence-corrected chi connectivity index (χ1v) is 6.40. The minimum Gasteiger partial charge on any atom is -0.299 e. The molecule has 0 heterocycles. The minimum absolute atomic E-state index is 0.107. The van der Waals surface area contributed by atoms with Gasteiger partial charge in [0.15, 0.2) is 0 Å². The Balaban J connectivity index is 2.00. The van der Waals surface area contributed by atoms with Gasteiger partial charge in [-0.15, -0.1) is 0 Å². The molecule has 1 saturated carbocycles. The zero-order chi connectivity index (χ0) is 12.4. The highest BCUT2D eigenvalue weighted by atomic mass is 35.5. The lowest BCUT2D eigenvalue weighted by molar-refractivity contribution is -0.122. The first kappa shape index (κ1) is 12.6. The lowest BCUT2D eigenvalue weighted by Gasteiger charge is -2.08. The van der Waals surface area contributed by atoms with E-state index in [1.54, 1.807) is 6.07 Å². The Bertz CT molecular complexity index is 430. The molecule has 1 fully saturated rings. The van der Waals surface area contributed by atoms with Gasteiger partial charge in [-0.1, -0.05) is 24.6 Å². The zero-order valence-corrected chi connectivity index (χ0v) is 10.6. The maximum absolute atomic E-state index is 13.2. The molecule has 0 bridgehead atoms. The van der Waals surface area contributed by atoms with E-state index < -0.39 is 5.82 Å². The molecule has 1 aliphatic carbocycles. The summed E-state index contributed by atoms with van der Waals surface area (Å²) in [5, 5.41) is 0.107. The van der Waals surface area contributed by atoms with Crippen molar-refractivity contribution in [2.24, 2.45) is 11.8 Å². The molecule has 1 aromatic rings. The first-order valence-electron chi connectivity index (χ1n) is 6.03. The number of halogens is 2. The number of Topliss-reactive ketones (excluding diaryl/α,β-unsaturated/α-hetero) is 1. The molecule has 0 N–H and O–H groups in total. The van der Waals surface area contributed by atoms with Crippen molar-refractivity contribution < 1.29 is 9.18 Å². The molecular formula is C14H16ClFO. The fourth-order valence-electron chi connectivity index (χ4n) is 2.49. The Morgan fingerprint density at radius 3 is 2.82 bits per heavy atom. The molecule has 2 atom stereocenters. The van der Waals surface area contributed by atoms with E-state index in [1.165, 1.54) is 12.1 Å². The molecule has 92 valence electrons. The van der Waals surface area contributed by atoms with Gasteiger partial charge in [-0.3, -0.25) is 4.79 Å². The Hall–Kier alpha value is -0.890. The molecule has 1 aromatic carbocycles. The largest absolute Gasteiger partial charge is 0.299 e. The van der Waals surface area contributed by atoms with Crippen molar-refractivity contribution in [1.29, 1.82) is 0 Å². The van der Waals surface area contributed by atoms with Gasteiger partial charge in [0.1, 0.15) is 11.6 Å². The monoisotopic (exact) mass is 254 g/mol. The maximum Gasteiger partial charge on any atom is 0.142 e. The predicted octanol–water partition coefficient (Wildman–Crippen LogP) is 4.03.